The molecule has 0 atom stereocenters. The van der Waals surface area contributed by atoms with E-state index in [0.717, 1.165) is 25.2 Å². The highest BCUT2D eigenvalue weighted by Gasteiger charge is 2.21. The average molecular weight is 286 g/mol. The van der Waals surface area contributed by atoms with Crippen molar-refractivity contribution in [2.45, 2.75) is 19.4 Å². The predicted octanol–water partition coefficient (Wildman–Crippen LogP) is 0.0441. The van der Waals surface area contributed by atoms with Gasteiger partial charge in [-0.2, -0.15) is 10.5 Å². The van der Waals surface area contributed by atoms with Crippen LogP contribution in [0.25, 0.3) is 0 Å². The third-order valence-electron chi connectivity index (χ3n) is 3.70. The van der Waals surface area contributed by atoms with Crippen LogP contribution in [0.5, 0.6) is 0 Å². The summed E-state index contributed by atoms with van der Waals surface area (Å²) in [7, 11) is 1.99. The van der Waals surface area contributed by atoms with Gasteiger partial charge in [0.15, 0.2) is 0 Å². The summed E-state index contributed by atoms with van der Waals surface area (Å²) in [4.78, 5) is 19.8. The molecule has 0 N–H and O–H groups in total. The highest BCUT2D eigenvalue weighted by atomic mass is 16.2. The number of aryl methyl sites for hydroxylation is 1. The van der Waals surface area contributed by atoms with Gasteiger partial charge in [-0.1, -0.05) is 0 Å². The molecule has 7 nitrogen and oxygen atoms in total. The second kappa shape index (κ2) is 6.87. The van der Waals surface area contributed by atoms with Gasteiger partial charge in [0, 0.05) is 45.2 Å². The van der Waals surface area contributed by atoms with E-state index in [-0.39, 0.29) is 19.0 Å². The maximum absolute atomic E-state index is 12.0. The van der Waals surface area contributed by atoms with Gasteiger partial charge in [0.1, 0.15) is 13.1 Å². The van der Waals surface area contributed by atoms with Gasteiger partial charge in [-0.3, -0.25) is 9.69 Å². The standard InChI is InChI=1S/C14H18N6O/c1-18-11-17-12-10-19(6-2-13(12)18)7-3-14(21)20(8-4-15)9-5-16/h11H,2-3,6-10H2,1H3. The Morgan fingerprint density at radius 2 is 2.14 bits per heavy atom. The minimum absolute atomic E-state index is 0.0310. The Kier molecular flexibility index (Phi) is 4.91. The Balaban J connectivity index is 1.85. The van der Waals surface area contributed by atoms with Crippen LogP contribution < -0.4 is 0 Å². The molecule has 0 unspecified atom stereocenters. The normalized spacial score (nSPS) is 14.0. The fraction of sp³-hybridized carbons (Fsp3) is 0.571. The van der Waals surface area contributed by atoms with Gasteiger partial charge < -0.3 is 9.47 Å². The molecule has 0 aliphatic carbocycles. The first-order chi connectivity index (χ1) is 10.2. The van der Waals surface area contributed by atoms with Gasteiger partial charge in [0.25, 0.3) is 0 Å². The summed E-state index contributed by atoms with van der Waals surface area (Å²) in [6, 6.07) is 3.83. The summed E-state index contributed by atoms with van der Waals surface area (Å²) >= 11 is 0. The number of nitrogens with zero attached hydrogens (tertiary/aromatic N) is 6. The number of imidazole rings is 1. The van der Waals surface area contributed by atoms with Gasteiger partial charge in [-0.05, 0) is 0 Å². The zero-order valence-electron chi connectivity index (χ0n) is 12.1. The molecule has 1 aromatic rings. The van der Waals surface area contributed by atoms with Crippen LogP contribution in [-0.2, 0) is 24.8 Å². The van der Waals surface area contributed by atoms with Crippen molar-refractivity contribution >= 4 is 5.91 Å². The number of amides is 1. The van der Waals surface area contributed by atoms with Gasteiger partial charge in [-0.25, -0.2) is 4.98 Å². The van der Waals surface area contributed by atoms with Crippen LogP contribution in [0, 0.1) is 22.7 Å². The van der Waals surface area contributed by atoms with Crippen molar-refractivity contribution in [1.82, 2.24) is 19.4 Å². The second-order valence-corrected chi connectivity index (χ2v) is 5.09. The number of hydrogen-bond acceptors (Lipinski definition) is 5. The number of fused-ring (bicyclic) bond motifs is 1. The summed E-state index contributed by atoms with van der Waals surface area (Å²) < 4.78 is 2.04. The first-order valence-electron chi connectivity index (χ1n) is 6.88. The molecule has 0 aromatic carbocycles. The minimum atomic E-state index is -0.148. The minimum Gasteiger partial charge on any atom is -0.337 e. The van der Waals surface area contributed by atoms with Gasteiger partial charge in [0.05, 0.1) is 24.2 Å². The Labute approximate surface area is 124 Å². The largest absolute Gasteiger partial charge is 0.337 e. The molecular formula is C14H18N6O. The number of nitriles is 2. The van der Waals surface area contributed by atoms with Crippen LogP contribution in [0.3, 0.4) is 0 Å². The molecule has 1 amide bonds. The highest BCUT2D eigenvalue weighted by molar-refractivity contribution is 5.76. The van der Waals surface area contributed by atoms with Crippen molar-refractivity contribution < 1.29 is 4.79 Å². The van der Waals surface area contributed by atoms with E-state index in [2.05, 4.69) is 9.88 Å². The van der Waals surface area contributed by atoms with Crippen molar-refractivity contribution in [3.63, 3.8) is 0 Å². The highest BCUT2D eigenvalue weighted by Crippen LogP contribution is 2.16. The molecule has 1 aromatic heterocycles. The fourth-order valence-corrected chi connectivity index (χ4v) is 2.52. The molecule has 2 rings (SSSR count). The van der Waals surface area contributed by atoms with Crippen LogP contribution in [0.4, 0.5) is 0 Å². The van der Waals surface area contributed by atoms with Crippen molar-refractivity contribution in [1.29, 1.82) is 10.5 Å². The molecule has 0 radical (unpaired) electrons. The molecule has 21 heavy (non-hydrogen) atoms. The lowest BCUT2D eigenvalue weighted by molar-refractivity contribution is -0.130. The molecule has 0 fully saturated rings. The number of carbonyl (C=O) groups is 1. The van der Waals surface area contributed by atoms with E-state index in [9.17, 15) is 4.79 Å². The first kappa shape index (κ1) is 15.0. The molecule has 1 aliphatic heterocycles. The fourth-order valence-electron chi connectivity index (χ4n) is 2.52. The SMILES string of the molecule is Cn1cnc2c1CCN(CCC(=O)N(CC#N)CC#N)C2. The van der Waals surface area contributed by atoms with Crippen molar-refractivity contribution in [2.75, 3.05) is 26.2 Å². The first-order valence-corrected chi connectivity index (χ1v) is 6.88. The monoisotopic (exact) mass is 286 g/mol. The van der Waals surface area contributed by atoms with E-state index in [4.69, 9.17) is 10.5 Å². The third kappa shape index (κ3) is 3.59. The average Bonchev–Trinajstić information content (AvgIpc) is 2.85. The van der Waals surface area contributed by atoms with E-state index in [1.807, 2.05) is 30.1 Å². The molecule has 0 saturated carbocycles. The lowest BCUT2D eigenvalue weighted by Crippen LogP contribution is -2.37. The zero-order valence-corrected chi connectivity index (χ0v) is 12.1. The second-order valence-electron chi connectivity index (χ2n) is 5.09. The zero-order chi connectivity index (χ0) is 15.2. The maximum atomic E-state index is 12.0. The van der Waals surface area contributed by atoms with Crippen LogP contribution >= 0.6 is 0 Å². The molecule has 0 bridgehead atoms. The molecule has 0 spiro atoms. The third-order valence-corrected chi connectivity index (χ3v) is 3.70. The summed E-state index contributed by atoms with van der Waals surface area (Å²) in [6.07, 6.45) is 3.08. The smallest absolute Gasteiger partial charge is 0.225 e. The molecule has 1 aliphatic rings. The van der Waals surface area contributed by atoms with Crippen LogP contribution in [0.1, 0.15) is 17.8 Å². The lowest BCUT2D eigenvalue weighted by atomic mass is 10.1. The number of rotatable bonds is 5. The van der Waals surface area contributed by atoms with Gasteiger partial charge >= 0.3 is 0 Å². The summed E-state index contributed by atoms with van der Waals surface area (Å²) in [5.74, 6) is -0.148. The summed E-state index contributed by atoms with van der Waals surface area (Å²) in [5, 5.41) is 17.3. The maximum Gasteiger partial charge on any atom is 0.225 e. The van der Waals surface area contributed by atoms with E-state index >= 15 is 0 Å². The Morgan fingerprint density at radius 1 is 1.43 bits per heavy atom. The molecular weight excluding hydrogens is 268 g/mol. The Hall–Kier alpha value is -2.38. The Bertz CT molecular complexity index is 578. The number of aromatic nitrogens is 2. The summed E-state index contributed by atoms with van der Waals surface area (Å²) in [5.41, 5.74) is 2.33. The molecule has 2 heterocycles. The topological polar surface area (TPSA) is 88.9 Å². The van der Waals surface area contributed by atoms with Crippen molar-refractivity contribution in [3.05, 3.63) is 17.7 Å². The molecule has 110 valence electrons. The predicted molar refractivity (Wildman–Crippen MR) is 74.6 cm³/mol. The number of hydrogen-bond donors (Lipinski definition) is 0. The lowest BCUT2D eigenvalue weighted by Gasteiger charge is -2.27. The number of carbonyl (C=O) groups excluding carboxylic acids is 1. The molecule has 7 heteroatoms. The van der Waals surface area contributed by atoms with Gasteiger partial charge in [-0.15, -0.1) is 0 Å². The van der Waals surface area contributed by atoms with E-state index < -0.39 is 0 Å². The van der Waals surface area contributed by atoms with Crippen LogP contribution in [0.15, 0.2) is 6.33 Å². The van der Waals surface area contributed by atoms with Crippen molar-refractivity contribution in [3.8, 4) is 12.1 Å². The van der Waals surface area contributed by atoms with Crippen LogP contribution in [0.2, 0.25) is 0 Å². The Morgan fingerprint density at radius 3 is 2.81 bits per heavy atom. The van der Waals surface area contributed by atoms with E-state index in [0.29, 0.717) is 13.0 Å². The van der Waals surface area contributed by atoms with Crippen molar-refractivity contribution in [2.24, 2.45) is 7.05 Å². The summed E-state index contributed by atoms with van der Waals surface area (Å²) in [6.45, 7) is 2.21. The van der Waals surface area contributed by atoms with Gasteiger partial charge in [0.2, 0.25) is 5.91 Å². The van der Waals surface area contributed by atoms with E-state index in [1.165, 1.54) is 10.6 Å². The quantitative estimate of drug-likeness (QED) is 0.713. The molecule has 0 saturated heterocycles. The van der Waals surface area contributed by atoms with Crippen LogP contribution in [-0.4, -0.2) is 51.4 Å². The van der Waals surface area contributed by atoms with E-state index in [1.54, 1.807) is 0 Å².